The van der Waals surface area contributed by atoms with Crippen molar-refractivity contribution in [1.29, 1.82) is 0 Å². The normalized spacial score (nSPS) is 17.5. The van der Waals surface area contributed by atoms with Crippen LogP contribution in [0.4, 0.5) is 0 Å². The molecule has 0 aromatic heterocycles. The van der Waals surface area contributed by atoms with Crippen LogP contribution >= 0.6 is 0 Å². The fourth-order valence-electron chi connectivity index (χ4n) is 2.10. The molecule has 0 spiro atoms. The molecule has 1 aliphatic rings. The molecule has 0 atom stereocenters. The molecule has 1 heterocycles. The molecule has 1 aromatic rings. The molecule has 102 valence electrons. The van der Waals surface area contributed by atoms with Crippen molar-refractivity contribution in [2.45, 2.75) is 25.5 Å². The SMILES string of the molecule is CC(=O)OC1(NC(=O)c2ccccc2)CCOCC1. The van der Waals surface area contributed by atoms with Crippen LogP contribution in [0.3, 0.4) is 0 Å². The van der Waals surface area contributed by atoms with E-state index in [0.29, 0.717) is 31.6 Å². The van der Waals surface area contributed by atoms with Gasteiger partial charge in [0.1, 0.15) is 0 Å². The standard InChI is InChI=1S/C14H17NO4/c1-11(16)19-14(7-9-18-10-8-14)15-13(17)12-5-3-2-4-6-12/h2-6H,7-10H2,1H3,(H,15,17). The average molecular weight is 263 g/mol. The first-order chi connectivity index (χ1) is 9.11. The van der Waals surface area contributed by atoms with E-state index in [1.165, 1.54) is 6.92 Å². The number of carbonyl (C=O) groups is 2. The number of amides is 1. The zero-order valence-electron chi connectivity index (χ0n) is 10.8. The van der Waals surface area contributed by atoms with Gasteiger partial charge in [-0.05, 0) is 12.1 Å². The number of carbonyl (C=O) groups excluding carboxylic acids is 2. The van der Waals surface area contributed by atoms with E-state index in [2.05, 4.69) is 5.32 Å². The maximum Gasteiger partial charge on any atom is 0.304 e. The van der Waals surface area contributed by atoms with Crippen LogP contribution in [0.5, 0.6) is 0 Å². The Hall–Kier alpha value is -1.88. The summed E-state index contributed by atoms with van der Waals surface area (Å²) >= 11 is 0. The first-order valence-corrected chi connectivity index (χ1v) is 6.26. The van der Waals surface area contributed by atoms with Gasteiger partial charge in [-0.25, -0.2) is 0 Å². The van der Waals surface area contributed by atoms with Gasteiger partial charge in [0.15, 0.2) is 5.72 Å². The third kappa shape index (κ3) is 3.54. The molecule has 2 rings (SSSR count). The maximum atomic E-state index is 12.2. The van der Waals surface area contributed by atoms with Gasteiger partial charge in [-0.2, -0.15) is 0 Å². The minimum Gasteiger partial charge on any atom is -0.439 e. The van der Waals surface area contributed by atoms with Crippen molar-refractivity contribution in [3.05, 3.63) is 35.9 Å². The first-order valence-electron chi connectivity index (χ1n) is 6.26. The Labute approximate surface area is 111 Å². The van der Waals surface area contributed by atoms with E-state index < -0.39 is 11.7 Å². The molecular weight excluding hydrogens is 246 g/mol. The van der Waals surface area contributed by atoms with Crippen LogP contribution in [0.2, 0.25) is 0 Å². The van der Waals surface area contributed by atoms with Crippen molar-refractivity contribution >= 4 is 11.9 Å². The number of benzene rings is 1. The van der Waals surface area contributed by atoms with E-state index >= 15 is 0 Å². The molecule has 1 N–H and O–H groups in total. The molecule has 0 bridgehead atoms. The van der Waals surface area contributed by atoms with Crippen molar-refractivity contribution in [3.63, 3.8) is 0 Å². The Morgan fingerprint density at radius 1 is 1.21 bits per heavy atom. The van der Waals surface area contributed by atoms with Crippen LogP contribution in [-0.4, -0.2) is 30.8 Å². The van der Waals surface area contributed by atoms with E-state index in [1.807, 2.05) is 6.07 Å². The van der Waals surface area contributed by atoms with Crippen molar-refractivity contribution in [2.24, 2.45) is 0 Å². The predicted molar refractivity (Wildman–Crippen MR) is 68.5 cm³/mol. The lowest BCUT2D eigenvalue weighted by Crippen LogP contribution is -2.54. The third-order valence-corrected chi connectivity index (χ3v) is 3.02. The fourth-order valence-corrected chi connectivity index (χ4v) is 2.10. The molecule has 0 saturated carbocycles. The highest BCUT2D eigenvalue weighted by atomic mass is 16.6. The Bertz CT molecular complexity index is 452. The van der Waals surface area contributed by atoms with Gasteiger partial charge in [-0.1, -0.05) is 18.2 Å². The zero-order chi connectivity index (χ0) is 13.7. The van der Waals surface area contributed by atoms with Gasteiger partial charge >= 0.3 is 5.97 Å². The monoisotopic (exact) mass is 263 g/mol. The van der Waals surface area contributed by atoms with Gasteiger partial charge < -0.3 is 14.8 Å². The highest BCUT2D eigenvalue weighted by Crippen LogP contribution is 2.23. The molecule has 0 radical (unpaired) electrons. The summed E-state index contributed by atoms with van der Waals surface area (Å²) in [6.07, 6.45) is 0.927. The third-order valence-electron chi connectivity index (χ3n) is 3.02. The molecular formula is C14H17NO4. The van der Waals surface area contributed by atoms with E-state index in [9.17, 15) is 9.59 Å². The van der Waals surface area contributed by atoms with Gasteiger partial charge in [0.2, 0.25) is 0 Å². The van der Waals surface area contributed by atoms with E-state index in [4.69, 9.17) is 9.47 Å². The first kappa shape index (κ1) is 13.5. The van der Waals surface area contributed by atoms with E-state index in [1.54, 1.807) is 24.3 Å². The zero-order valence-corrected chi connectivity index (χ0v) is 10.8. The molecule has 1 saturated heterocycles. The minimum atomic E-state index is -0.947. The van der Waals surface area contributed by atoms with Gasteiger partial charge in [0.05, 0.1) is 13.2 Å². The number of esters is 1. The maximum absolute atomic E-state index is 12.2. The van der Waals surface area contributed by atoms with Crippen LogP contribution in [0, 0.1) is 0 Å². The number of hydrogen-bond acceptors (Lipinski definition) is 4. The van der Waals surface area contributed by atoms with Crippen molar-refractivity contribution in [1.82, 2.24) is 5.32 Å². The minimum absolute atomic E-state index is 0.247. The smallest absolute Gasteiger partial charge is 0.304 e. The molecule has 1 fully saturated rings. The Morgan fingerprint density at radius 2 is 1.84 bits per heavy atom. The number of rotatable bonds is 3. The summed E-state index contributed by atoms with van der Waals surface area (Å²) in [6.45, 7) is 2.26. The summed E-state index contributed by atoms with van der Waals surface area (Å²) in [5, 5.41) is 2.82. The Kier molecular flexibility index (Phi) is 4.16. The molecule has 5 nitrogen and oxygen atoms in total. The van der Waals surface area contributed by atoms with Crippen LogP contribution in [0.1, 0.15) is 30.1 Å². The van der Waals surface area contributed by atoms with Gasteiger partial charge in [-0.15, -0.1) is 0 Å². The molecule has 5 heteroatoms. The van der Waals surface area contributed by atoms with Crippen LogP contribution in [-0.2, 0) is 14.3 Å². The summed E-state index contributed by atoms with van der Waals surface area (Å²) < 4.78 is 10.6. The summed E-state index contributed by atoms with van der Waals surface area (Å²) in [7, 11) is 0. The number of ether oxygens (including phenoxy) is 2. The van der Waals surface area contributed by atoms with E-state index in [0.717, 1.165) is 0 Å². The number of nitrogens with one attached hydrogen (secondary N) is 1. The second-order valence-electron chi connectivity index (χ2n) is 4.52. The van der Waals surface area contributed by atoms with Crippen LogP contribution < -0.4 is 5.32 Å². The molecule has 1 aromatic carbocycles. The predicted octanol–water partition coefficient (Wildman–Crippen LogP) is 1.49. The van der Waals surface area contributed by atoms with Gasteiger partial charge in [0, 0.05) is 25.3 Å². The Balaban J connectivity index is 2.11. The Morgan fingerprint density at radius 3 is 2.42 bits per heavy atom. The largest absolute Gasteiger partial charge is 0.439 e. The lowest BCUT2D eigenvalue weighted by atomic mass is 10.0. The molecule has 0 unspecified atom stereocenters. The molecule has 1 aliphatic heterocycles. The molecule has 1 amide bonds. The van der Waals surface area contributed by atoms with Crippen LogP contribution in [0.25, 0.3) is 0 Å². The summed E-state index contributed by atoms with van der Waals surface area (Å²) in [5.41, 5.74) is -0.405. The average Bonchev–Trinajstić information content (AvgIpc) is 2.39. The molecule has 0 aliphatic carbocycles. The summed E-state index contributed by atoms with van der Waals surface area (Å²) in [5.74, 6) is -0.654. The van der Waals surface area contributed by atoms with Crippen molar-refractivity contribution in [2.75, 3.05) is 13.2 Å². The van der Waals surface area contributed by atoms with Gasteiger partial charge in [-0.3, -0.25) is 9.59 Å². The topological polar surface area (TPSA) is 64.6 Å². The number of hydrogen-bond donors (Lipinski definition) is 1. The highest BCUT2D eigenvalue weighted by molar-refractivity contribution is 5.94. The molecule has 19 heavy (non-hydrogen) atoms. The highest BCUT2D eigenvalue weighted by Gasteiger charge is 2.37. The van der Waals surface area contributed by atoms with Crippen molar-refractivity contribution in [3.8, 4) is 0 Å². The lowest BCUT2D eigenvalue weighted by Gasteiger charge is -2.36. The summed E-state index contributed by atoms with van der Waals surface area (Å²) in [4.78, 5) is 23.4. The van der Waals surface area contributed by atoms with Crippen molar-refractivity contribution < 1.29 is 19.1 Å². The van der Waals surface area contributed by atoms with Gasteiger partial charge in [0.25, 0.3) is 5.91 Å². The fraction of sp³-hybridized carbons (Fsp3) is 0.429. The second kappa shape index (κ2) is 5.84. The summed E-state index contributed by atoms with van der Waals surface area (Å²) in [6, 6.07) is 8.86. The van der Waals surface area contributed by atoms with E-state index in [-0.39, 0.29) is 5.91 Å². The van der Waals surface area contributed by atoms with Crippen LogP contribution in [0.15, 0.2) is 30.3 Å². The quantitative estimate of drug-likeness (QED) is 0.663. The lowest BCUT2D eigenvalue weighted by molar-refractivity contribution is -0.170. The second-order valence-corrected chi connectivity index (χ2v) is 4.52.